The maximum Gasteiger partial charge on any atom is 0.573 e. The van der Waals surface area contributed by atoms with Crippen molar-refractivity contribution < 1.29 is 31.1 Å². The predicted octanol–water partition coefficient (Wildman–Crippen LogP) is 6.03. The summed E-state index contributed by atoms with van der Waals surface area (Å²) in [4.78, 5) is 0. The highest BCUT2D eigenvalue weighted by Crippen LogP contribution is 2.34. The summed E-state index contributed by atoms with van der Waals surface area (Å²) in [5, 5.41) is 0. The van der Waals surface area contributed by atoms with E-state index in [1.54, 1.807) is 0 Å². The number of hydrogen-bond donors (Lipinski definition) is 0. The minimum Gasteiger partial charge on any atom is -0.406 e. The van der Waals surface area contributed by atoms with Gasteiger partial charge in [0.15, 0.2) is 0 Å². The first-order valence-electron chi connectivity index (χ1n) is 5.78. The Bertz CT molecular complexity index is 661. The van der Waals surface area contributed by atoms with Crippen molar-refractivity contribution in [2.24, 2.45) is 0 Å². The van der Waals surface area contributed by atoms with Gasteiger partial charge in [-0.05, 0) is 41.5 Å². The van der Waals surface area contributed by atoms with Crippen molar-refractivity contribution in [2.45, 2.75) is 12.5 Å². The van der Waals surface area contributed by atoms with E-state index in [1.165, 1.54) is 18.2 Å². The van der Waals surface area contributed by atoms with Crippen LogP contribution in [0, 0.1) is 0 Å². The van der Waals surface area contributed by atoms with Gasteiger partial charge in [-0.25, -0.2) is 0 Å². The van der Waals surface area contributed by atoms with Crippen molar-refractivity contribution >= 4 is 15.9 Å². The molecule has 22 heavy (non-hydrogen) atoms. The van der Waals surface area contributed by atoms with Gasteiger partial charge in [-0.2, -0.15) is 13.2 Å². The molecule has 0 spiro atoms. The molecule has 0 bridgehead atoms. The van der Waals surface area contributed by atoms with Crippen molar-refractivity contribution in [3.8, 4) is 16.9 Å². The number of halogens is 7. The maximum absolute atomic E-state index is 12.5. The lowest BCUT2D eigenvalue weighted by Gasteiger charge is -2.12. The Morgan fingerprint density at radius 2 is 1.36 bits per heavy atom. The fourth-order valence-corrected chi connectivity index (χ4v) is 2.25. The van der Waals surface area contributed by atoms with E-state index in [2.05, 4.69) is 20.7 Å². The molecule has 0 saturated heterocycles. The molecule has 1 nitrogen and oxygen atoms in total. The zero-order valence-electron chi connectivity index (χ0n) is 10.6. The number of rotatable bonds is 2. The fraction of sp³-hybridized carbons (Fsp3) is 0.143. The van der Waals surface area contributed by atoms with E-state index < -0.39 is 23.9 Å². The minimum atomic E-state index is -4.85. The lowest BCUT2D eigenvalue weighted by atomic mass is 10.0. The van der Waals surface area contributed by atoms with Crippen LogP contribution in [0.25, 0.3) is 11.1 Å². The summed E-state index contributed by atoms with van der Waals surface area (Å²) < 4.78 is 78.3. The fourth-order valence-electron chi connectivity index (χ4n) is 1.77. The molecule has 0 aliphatic carbocycles. The Balaban J connectivity index is 2.36. The average Bonchev–Trinajstić information content (AvgIpc) is 2.35. The van der Waals surface area contributed by atoms with E-state index in [1.807, 2.05) is 0 Å². The Morgan fingerprint density at radius 1 is 0.773 bits per heavy atom. The summed E-state index contributed by atoms with van der Waals surface area (Å²) in [6, 6.07) is 7.78. The molecule has 0 radical (unpaired) electrons. The van der Waals surface area contributed by atoms with Crippen LogP contribution in [0.5, 0.6) is 5.75 Å². The highest BCUT2D eigenvalue weighted by Gasteiger charge is 2.32. The predicted molar refractivity (Wildman–Crippen MR) is 71.3 cm³/mol. The lowest BCUT2D eigenvalue weighted by Crippen LogP contribution is -2.17. The molecule has 2 aromatic carbocycles. The second-order valence-electron chi connectivity index (χ2n) is 4.30. The molecule has 8 heteroatoms. The van der Waals surface area contributed by atoms with Gasteiger partial charge in [-0.15, -0.1) is 13.2 Å². The number of ether oxygens (including phenoxy) is 1. The van der Waals surface area contributed by atoms with Crippen molar-refractivity contribution in [2.75, 3.05) is 0 Å². The van der Waals surface area contributed by atoms with Gasteiger partial charge in [0.2, 0.25) is 0 Å². The molecule has 0 amide bonds. The molecule has 0 aliphatic rings. The van der Waals surface area contributed by atoms with Crippen molar-refractivity contribution in [1.29, 1.82) is 0 Å². The van der Waals surface area contributed by atoms with Crippen molar-refractivity contribution in [1.82, 2.24) is 0 Å². The number of alkyl halides is 6. The van der Waals surface area contributed by atoms with Crippen molar-refractivity contribution in [3.63, 3.8) is 0 Å². The largest absolute Gasteiger partial charge is 0.573 e. The Morgan fingerprint density at radius 3 is 1.86 bits per heavy atom. The first-order chi connectivity index (χ1) is 10.0. The minimum absolute atomic E-state index is 0.294. The van der Waals surface area contributed by atoms with Gasteiger partial charge in [-0.3, -0.25) is 0 Å². The molecule has 0 atom stereocenters. The molecule has 0 fully saturated rings. The van der Waals surface area contributed by atoms with Crippen molar-refractivity contribution in [3.05, 3.63) is 52.5 Å². The monoisotopic (exact) mass is 384 g/mol. The van der Waals surface area contributed by atoms with Gasteiger partial charge >= 0.3 is 12.5 Å². The van der Waals surface area contributed by atoms with E-state index in [-0.39, 0.29) is 0 Å². The normalized spacial score (nSPS) is 12.3. The lowest BCUT2D eigenvalue weighted by molar-refractivity contribution is -0.274. The van der Waals surface area contributed by atoms with Crippen LogP contribution < -0.4 is 4.74 Å². The molecule has 0 aromatic heterocycles. The topological polar surface area (TPSA) is 9.23 Å². The van der Waals surface area contributed by atoms with Crippen LogP contribution in [0.2, 0.25) is 0 Å². The van der Waals surface area contributed by atoms with Crippen LogP contribution in [0.1, 0.15) is 5.56 Å². The van der Waals surface area contributed by atoms with Gasteiger partial charge in [0.1, 0.15) is 5.75 Å². The number of benzene rings is 2. The van der Waals surface area contributed by atoms with Crippen LogP contribution in [-0.2, 0) is 6.18 Å². The van der Waals surface area contributed by atoms with Crippen LogP contribution in [0.3, 0.4) is 0 Å². The van der Waals surface area contributed by atoms with Gasteiger partial charge in [0, 0.05) is 4.47 Å². The third kappa shape index (κ3) is 4.40. The van der Waals surface area contributed by atoms with E-state index in [0.717, 1.165) is 24.3 Å². The molecular formula is C14H7BrF6O. The second kappa shape index (κ2) is 5.83. The first-order valence-corrected chi connectivity index (χ1v) is 6.58. The molecule has 0 saturated carbocycles. The highest BCUT2D eigenvalue weighted by atomic mass is 79.9. The van der Waals surface area contributed by atoms with Crippen LogP contribution in [-0.4, -0.2) is 6.36 Å². The first kappa shape index (κ1) is 16.7. The Kier molecular flexibility index (Phi) is 4.42. The van der Waals surface area contributed by atoms with E-state index in [0.29, 0.717) is 15.6 Å². The Labute approximate surface area is 129 Å². The standard InChI is InChI=1S/C14H7BrF6O/c15-11-5-9(6-12(7-11)22-14(19,20)21)8-1-3-10(4-2-8)13(16,17)18/h1-7H. The third-order valence-electron chi connectivity index (χ3n) is 2.65. The molecule has 118 valence electrons. The summed E-state index contributed by atoms with van der Waals surface area (Å²) in [5.41, 5.74) is -0.207. The summed E-state index contributed by atoms with van der Waals surface area (Å²) in [5.74, 6) is -0.461. The van der Waals surface area contributed by atoms with Gasteiger partial charge in [-0.1, -0.05) is 28.1 Å². The van der Waals surface area contributed by atoms with Crippen LogP contribution >= 0.6 is 15.9 Å². The molecular weight excluding hydrogens is 378 g/mol. The molecule has 0 heterocycles. The van der Waals surface area contributed by atoms with Gasteiger partial charge in [0.05, 0.1) is 5.56 Å². The molecule has 2 aromatic rings. The van der Waals surface area contributed by atoms with E-state index >= 15 is 0 Å². The average molecular weight is 385 g/mol. The summed E-state index contributed by atoms with van der Waals surface area (Å²) in [6.45, 7) is 0. The highest BCUT2D eigenvalue weighted by molar-refractivity contribution is 9.10. The van der Waals surface area contributed by atoms with Gasteiger partial charge in [0.25, 0.3) is 0 Å². The zero-order chi connectivity index (χ0) is 16.5. The SMILES string of the molecule is FC(F)(F)Oc1cc(Br)cc(-c2ccc(C(F)(F)F)cc2)c1. The van der Waals surface area contributed by atoms with Gasteiger partial charge < -0.3 is 4.74 Å². The van der Waals surface area contributed by atoms with E-state index in [9.17, 15) is 26.3 Å². The molecule has 0 unspecified atom stereocenters. The smallest absolute Gasteiger partial charge is 0.406 e. The molecule has 0 N–H and O–H groups in total. The second-order valence-corrected chi connectivity index (χ2v) is 5.21. The molecule has 0 aliphatic heterocycles. The maximum atomic E-state index is 12.5. The summed E-state index contributed by atoms with van der Waals surface area (Å²) >= 11 is 3.04. The van der Waals surface area contributed by atoms with Crippen LogP contribution in [0.4, 0.5) is 26.3 Å². The number of hydrogen-bond acceptors (Lipinski definition) is 1. The zero-order valence-corrected chi connectivity index (χ0v) is 12.2. The van der Waals surface area contributed by atoms with Crippen LogP contribution in [0.15, 0.2) is 46.9 Å². The summed E-state index contributed by atoms with van der Waals surface area (Å²) in [7, 11) is 0. The summed E-state index contributed by atoms with van der Waals surface area (Å²) in [6.07, 6.45) is -9.32. The Hall–Kier alpha value is -1.70. The quantitative estimate of drug-likeness (QED) is 0.574. The molecule has 2 rings (SSSR count). The van der Waals surface area contributed by atoms with E-state index in [4.69, 9.17) is 0 Å². The third-order valence-corrected chi connectivity index (χ3v) is 3.11.